The largest absolute Gasteiger partial charge is 0.508 e. The topological polar surface area (TPSA) is 41.3 Å². The Balaban J connectivity index is 2.04. The maximum absolute atomic E-state index is 9.75. The Morgan fingerprint density at radius 1 is 1.09 bits per heavy atom. The Bertz CT molecular complexity index is 777. The number of imidazole rings is 1. The van der Waals surface area contributed by atoms with Crippen molar-refractivity contribution in [2.75, 3.05) is 20.6 Å². The van der Waals surface area contributed by atoms with Crippen LogP contribution in [0.5, 0.6) is 5.75 Å². The summed E-state index contributed by atoms with van der Waals surface area (Å²) in [6.07, 6.45) is 1.05. The van der Waals surface area contributed by atoms with Crippen LogP contribution in [0.1, 0.15) is 6.42 Å². The molecule has 0 amide bonds. The molecule has 0 saturated carbocycles. The number of para-hydroxylation sites is 2. The van der Waals surface area contributed by atoms with Gasteiger partial charge in [0.25, 0.3) is 0 Å². The molecule has 4 nitrogen and oxygen atoms in total. The van der Waals surface area contributed by atoms with Gasteiger partial charge in [-0.15, -0.1) is 0 Å². The van der Waals surface area contributed by atoms with Crippen LogP contribution in [0.4, 0.5) is 0 Å². The van der Waals surface area contributed by atoms with E-state index in [2.05, 4.69) is 29.6 Å². The molecular formula is C18H21N3O. The van der Waals surface area contributed by atoms with Gasteiger partial charge in [0.2, 0.25) is 0 Å². The number of benzene rings is 2. The summed E-state index contributed by atoms with van der Waals surface area (Å²) in [7, 11) is 4.17. The summed E-state index contributed by atoms with van der Waals surface area (Å²) < 4.78 is 2.24. The Labute approximate surface area is 130 Å². The average Bonchev–Trinajstić information content (AvgIpc) is 2.86. The molecule has 0 unspecified atom stereocenters. The molecular weight excluding hydrogens is 274 g/mol. The molecule has 3 rings (SSSR count). The van der Waals surface area contributed by atoms with E-state index in [0.717, 1.165) is 41.9 Å². The maximum Gasteiger partial charge on any atom is 0.141 e. The minimum atomic E-state index is 0.268. The summed E-state index contributed by atoms with van der Waals surface area (Å²) in [4.78, 5) is 6.95. The second-order valence-corrected chi connectivity index (χ2v) is 5.78. The van der Waals surface area contributed by atoms with Gasteiger partial charge >= 0.3 is 0 Å². The Morgan fingerprint density at radius 2 is 1.91 bits per heavy atom. The van der Waals surface area contributed by atoms with Gasteiger partial charge in [0.15, 0.2) is 0 Å². The molecule has 22 heavy (non-hydrogen) atoms. The Hall–Kier alpha value is -2.33. The van der Waals surface area contributed by atoms with Gasteiger partial charge in [-0.3, -0.25) is 0 Å². The highest BCUT2D eigenvalue weighted by atomic mass is 16.3. The molecule has 0 aliphatic rings. The normalized spacial score (nSPS) is 11.4. The summed E-state index contributed by atoms with van der Waals surface area (Å²) >= 11 is 0. The first-order chi connectivity index (χ1) is 10.6. The number of nitrogens with zero attached hydrogens (tertiary/aromatic N) is 3. The minimum absolute atomic E-state index is 0.268. The van der Waals surface area contributed by atoms with Crippen LogP contribution in [0.3, 0.4) is 0 Å². The third-order valence-electron chi connectivity index (χ3n) is 3.75. The van der Waals surface area contributed by atoms with E-state index in [1.165, 1.54) is 0 Å². The van der Waals surface area contributed by atoms with E-state index in [9.17, 15) is 5.11 Å². The lowest BCUT2D eigenvalue weighted by Gasteiger charge is -2.12. The van der Waals surface area contributed by atoms with Gasteiger partial charge in [0.1, 0.15) is 11.6 Å². The van der Waals surface area contributed by atoms with E-state index in [-0.39, 0.29) is 5.75 Å². The zero-order valence-corrected chi connectivity index (χ0v) is 13.0. The smallest absolute Gasteiger partial charge is 0.141 e. The molecule has 1 aromatic heterocycles. The molecule has 0 saturated heterocycles. The van der Waals surface area contributed by atoms with Crippen molar-refractivity contribution in [3.8, 4) is 17.1 Å². The van der Waals surface area contributed by atoms with E-state index >= 15 is 0 Å². The van der Waals surface area contributed by atoms with Crippen LogP contribution in [0.15, 0.2) is 48.5 Å². The molecule has 114 valence electrons. The SMILES string of the molecule is CN(C)CCCn1c(-c2cccc(O)c2)nc2ccccc21. The summed E-state index contributed by atoms with van der Waals surface area (Å²) in [5.41, 5.74) is 3.08. The van der Waals surface area contributed by atoms with Crippen molar-refractivity contribution in [1.82, 2.24) is 14.5 Å². The molecule has 3 aromatic rings. The summed E-state index contributed by atoms with van der Waals surface area (Å²) in [6, 6.07) is 15.5. The molecule has 4 heteroatoms. The zero-order chi connectivity index (χ0) is 15.5. The van der Waals surface area contributed by atoms with E-state index in [0.29, 0.717) is 0 Å². The standard InChI is InChI=1S/C18H21N3O/c1-20(2)11-6-12-21-17-10-4-3-9-16(17)19-18(21)14-7-5-8-15(22)13-14/h3-5,7-10,13,22H,6,11-12H2,1-2H3. The fourth-order valence-electron chi connectivity index (χ4n) is 2.71. The van der Waals surface area contributed by atoms with Gasteiger partial charge in [0, 0.05) is 12.1 Å². The first kappa shape index (κ1) is 14.6. The molecule has 0 aliphatic heterocycles. The van der Waals surface area contributed by atoms with Crippen LogP contribution in [0, 0.1) is 0 Å². The number of aryl methyl sites for hydroxylation is 1. The monoisotopic (exact) mass is 295 g/mol. The molecule has 1 N–H and O–H groups in total. The van der Waals surface area contributed by atoms with Crippen LogP contribution in [-0.2, 0) is 6.54 Å². The number of fused-ring (bicyclic) bond motifs is 1. The van der Waals surface area contributed by atoms with Crippen LogP contribution in [0.2, 0.25) is 0 Å². The molecule has 0 radical (unpaired) electrons. The summed E-state index contributed by atoms with van der Waals surface area (Å²) in [5.74, 6) is 1.18. The molecule has 0 bridgehead atoms. The van der Waals surface area contributed by atoms with E-state index < -0.39 is 0 Å². The predicted octanol–water partition coefficient (Wildman–Crippen LogP) is 3.36. The fraction of sp³-hybridized carbons (Fsp3) is 0.278. The summed E-state index contributed by atoms with van der Waals surface area (Å²) in [5, 5.41) is 9.75. The number of rotatable bonds is 5. The zero-order valence-electron chi connectivity index (χ0n) is 13.0. The van der Waals surface area contributed by atoms with Gasteiger partial charge in [-0.1, -0.05) is 24.3 Å². The minimum Gasteiger partial charge on any atom is -0.508 e. The quantitative estimate of drug-likeness (QED) is 0.784. The predicted molar refractivity (Wildman–Crippen MR) is 90.0 cm³/mol. The van der Waals surface area contributed by atoms with Crippen LogP contribution in [-0.4, -0.2) is 40.2 Å². The highest BCUT2D eigenvalue weighted by Gasteiger charge is 2.12. The highest BCUT2D eigenvalue weighted by Crippen LogP contribution is 2.27. The molecule has 0 fully saturated rings. The first-order valence-electron chi connectivity index (χ1n) is 7.54. The lowest BCUT2D eigenvalue weighted by atomic mass is 10.2. The van der Waals surface area contributed by atoms with Crippen molar-refractivity contribution in [2.45, 2.75) is 13.0 Å². The fourth-order valence-corrected chi connectivity index (χ4v) is 2.71. The van der Waals surface area contributed by atoms with Crippen molar-refractivity contribution < 1.29 is 5.11 Å². The van der Waals surface area contributed by atoms with Crippen LogP contribution in [0.25, 0.3) is 22.4 Å². The number of aromatic nitrogens is 2. The van der Waals surface area contributed by atoms with Gasteiger partial charge in [-0.05, 0) is 51.3 Å². The second-order valence-electron chi connectivity index (χ2n) is 5.78. The van der Waals surface area contributed by atoms with Crippen molar-refractivity contribution in [3.63, 3.8) is 0 Å². The average molecular weight is 295 g/mol. The molecule has 1 heterocycles. The second kappa shape index (κ2) is 6.20. The van der Waals surface area contributed by atoms with Crippen molar-refractivity contribution in [2.24, 2.45) is 0 Å². The third-order valence-corrected chi connectivity index (χ3v) is 3.75. The third kappa shape index (κ3) is 2.97. The number of hydrogen-bond donors (Lipinski definition) is 1. The Morgan fingerprint density at radius 3 is 2.68 bits per heavy atom. The summed E-state index contributed by atoms with van der Waals surface area (Å²) in [6.45, 7) is 1.94. The first-order valence-corrected chi connectivity index (χ1v) is 7.54. The maximum atomic E-state index is 9.75. The van der Waals surface area contributed by atoms with Gasteiger partial charge < -0.3 is 14.6 Å². The van der Waals surface area contributed by atoms with E-state index in [1.54, 1.807) is 12.1 Å². The number of phenols is 1. The highest BCUT2D eigenvalue weighted by molar-refractivity contribution is 5.80. The van der Waals surface area contributed by atoms with Crippen molar-refractivity contribution in [1.29, 1.82) is 0 Å². The van der Waals surface area contributed by atoms with Crippen molar-refractivity contribution in [3.05, 3.63) is 48.5 Å². The van der Waals surface area contributed by atoms with E-state index in [4.69, 9.17) is 4.98 Å². The Kier molecular flexibility index (Phi) is 4.11. The van der Waals surface area contributed by atoms with Crippen molar-refractivity contribution >= 4 is 11.0 Å². The molecule has 0 aliphatic carbocycles. The number of hydrogen-bond acceptors (Lipinski definition) is 3. The number of aromatic hydroxyl groups is 1. The number of phenolic OH excluding ortho intramolecular Hbond substituents is 1. The molecule has 0 atom stereocenters. The lowest BCUT2D eigenvalue weighted by molar-refractivity contribution is 0.388. The van der Waals surface area contributed by atoms with Gasteiger partial charge in [-0.2, -0.15) is 0 Å². The van der Waals surface area contributed by atoms with Crippen LogP contribution >= 0.6 is 0 Å². The van der Waals surface area contributed by atoms with Crippen LogP contribution < -0.4 is 0 Å². The van der Waals surface area contributed by atoms with Gasteiger partial charge in [0.05, 0.1) is 11.0 Å². The van der Waals surface area contributed by atoms with Gasteiger partial charge in [-0.25, -0.2) is 4.98 Å². The van der Waals surface area contributed by atoms with E-state index in [1.807, 2.05) is 30.3 Å². The molecule has 2 aromatic carbocycles. The lowest BCUT2D eigenvalue weighted by Crippen LogP contribution is -2.15. The molecule has 0 spiro atoms.